The average Bonchev–Trinajstić information content (AvgIpc) is 3.24. The summed E-state index contributed by atoms with van der Waals surface area (Å²) in [4.78, 5) is 10.6. The first-order valence-corrected chi connectivity index (χ1v) is 8.76. The molecule has 2 aromatic rings. The molecule has 1 fully saturated rings. The zero-order valence-corrected chi connectivity index (χ0v) is 14.2. The molecule has 0 aliphatic carbocycles. The van der Waals surface area contributed by atoms with E-state index < -0.39 is 5.97 Å². The lowest BCUT2D eigenvalue weighted by Crippen LogP contribution is -2.08. The van der Waals surface area contributed by atoms with Gasteiger partial charge in [-0.25, -0.2) is 0 Å². The van der Waals surface area contributed by atoms with Gasteiger partial charge in [0.2, 0.25) is 0 Å². The highest BCUT2D eigenvalue weighted by molar-refractivity contribution is 5.97. The number of aliphatic carboxylic acids is 1. The summed E-state index contributed by atoms with van der Waals surface area (Å²) in [6.45, 7) is 0.157. The largest absolute Gasteiger partial charge is 0.508 e. The highest BCUT2D eigenvalue weighted by Crippen LogP contribution is 2.48. The van der Waals surface area contributed by atoms with Crippen molar-refractivity contribution in [3.05, 3.63) is 59.7 Å². The Hall–Kier alpha value is -2.79. The molecule has 0 aromatic heterocycles. The van der Waals surface area contributed by atoms with Crippen LogP contribution in [0, 0.1) is 0 Å². The molecule has 2 aliphatic rings. The zero-order chi connectivity index (χ0) is 18.1. The topological polar surface area (TPSA) is 76.0 Å². The Morgan fingerprint density at radius 2 is 1.50 bits per heavy atom. The van der Waals surface area contributed by atoms with Crippen LogP contribution in [0.4, 0.5) is 0 Å². The third-order valence-electron chi connectivity index (χ3n) is 4.88. The van der Waals surface area contributed by atoms with Crippen molar-refractivity contribution in [3.8, 4) is 11.5 Å². The summed E-state index contributed by atoms with van der Waals surface area (Å²) in [7, 11) is 0. The SMILES string of the molecule is O=C(O)CCOc1ccc(C2=C(c3ccc(O)cc3)C3CCC2O3)cc1. The van der Waals surface area contributed by atoms with Gasteiger partial charge in [-0.15, -0.1) is 0 Å². The number of carboxylic acids is 1. The highest BCUT2D eigenvalue weighted by Gasteiger charge is 2.41. The Labute approximate surface area is 151 Å². The molecule has 0 spiro atoms. The van der Waals surface area contributed by atoms with Gasteiger partial charge in [0.05, 0.1) is 25.2 Å². The summed E-state index contributed by atoms with van der Waals surface area (Å²) in [6.07, 6.45) is 2.21. The molecule has 5 nitrogen and oxygen atoms in total. The molecule has 5 heteroatoms. The smallest absolute Gasteiger partial charge is 0.306 e. The van der Waals surface area contributed by atoms with Gasteiger partial charge in [-0.1, -0.05) is 24.3 Å². The lowest BCUT2D eigenvalue weighted by atomic mass is 9.84. The molecule has 2 bridgehead atoms. The van der Waals surface area contributed by atoms with Crippen molar-refractivity contribution in [2.75, 3.05) is 6.61 Å². The fourth-order valence-corrected chi connectivity index (χ4v) is 3.72. The van der Waals surface area contributed by atoms with E-state index in [1.54, 1.807) is 12.1 Å². The Morgan fingerprint density at radius 1 is 0.962 bits per heavy atom. The lowest BCUT2D eigenvalue weighted by molar-refractivity contribution is -0.137. The third kappa shape index (κ3) is 3.18. The Bertz CT molecular complexity index is 836. The van der Waals surface area contributed by atoms with Crippen molar-refractivity contribution in [3.63, 3.8) is 0 Å². The number of hydrogen-bond acceptors (Lipinski definition) is 4. The zero-order valence-electron chi connectivity index (χ0n) is 14.2. The van der Waals surface area contributed by atoms with Crippen LogP contribution in [-0.4, -0.2) is 35.0 Å². The van der Waals surface area contributed by atoms with Gasteiger partial charge in [0.1, 0.15) is 11.5 Å². The van der Waals surface area contributed by atoms with Crippen molar-refractivity contribution in [1.82, 2.24) is 0 Å². The standard InChI is InChI=1S/C21H20O5/c22-15-5-1-13(2-6-15)20-17-9-10-18(26-17)21(20)14-3-7-16(8-4-14)25-12-11-19(23)24/h1-8,17-18,22H,9-12H2,(H,23,24). The molecule has 4 rings (SSSR count). The van der Waals surface area contributed by atoms with Crippen molar-refractivity contribution >= 4 is 17.1 Å². The van der Waals surface area contributed by atoms with Crippen molar-refractivity contribution < 1.29 is 24.5 Å². The minimum absolute atomic E-state index is 0.0184. The third-order valence-corrected chi connectivity index (χ3v) is 4.88. The highest BCUT2D eigenvalue weighted by atomic mass is 16.5. The maximum Gasteiger partial charge on any atom is 0.306 e. The van der Waals surface area contributed by atoms with E-state index in [0.29, 0.717) is 5.75 Å². The second-order valence-electron chi connectivity index (χ2n) is 6.58. The molecule has 26 heavy (non-hydrogen) atoms. The maximum absolute atomic E-state index is 10.6. The number of ether oxygens (including phenoxy) is 2. The van der Waals surface area contributed by atoms with Crippen molar-refractivity contribution in [2.24, 2.45) is 0 Å². The minimum atomic E-state index is -0.871. The first-order valence-electron chi connectivity index (χ1n) is 8.76. The second-order valence-corrected chi connectivity index (χ2v) is 6.58. The molecule has 134 valence electrons. The van der Waals surface area contributed by atoms with Crippen LogP contribution in [0.3, 0.4) is 0 Å². The van der Waals surface area contributed by atoms with E-state index in [1.165, 1.54) is 11.1 Å². The van der Waals surface area contributed by atoms with Gasteiger partial charge in [-0.2, -0.15) is 0 Å². The lowest BCUT2D eigenvalue weighted by Gasteiger charge is -2.18. The van der Waals surface area contributed by atoms with Crippen molar-refractivity contribution in [1.29, 1.82) is 0 Å². The van der Waals surface area contributed by atoms with E-state index in [1.807, 2.05) is 36.4 Å². The molecule has 0 saturated carbocycles. The Balaban J connectivity index is 1.62. The molecule has 2 unspecified atom stereocenters. The number of fused-ring (bicyclic) bond motifs is 2. The van der Waals surface area contributed by atoms with E-state index in [4.69, 9.17) is 14.6 Å². The first-order chi connectivity index (χ1) is 12.6. The van der Waals surface area contributed by atoms with Gasteiger partial charge in [-0.3, -0.25) is 4.79 Å². The number of phenols is 1. The van der Waals surface area contributed by atoms with E-state index >= 15 is 0 Å². The molecule has 2 heterocycles. The summed E-state index contributed by atoms with van der Waals surface area (Å²) in [5, 5.41) is 18.2. The molecule has 2 atom stereocenters. The first kappa shape index (κ1) is 16.7. The van der Waals surface area contributed by atoms with E-state index in [-0.39, 0.29) is 31.0 Å². The quantitative estimate of drug-likeness (QED) is 0.829. The van der Waals surface area contributed by atoms with Gasteiger partial charge >= 0.3 is 5.97 Å². The number of benzene rings is 2. The maximum atomic E-state index is 10.6. The minimum Gasteiger partial charge on any atom is -0.508 e. The number of carboxylic acid groups (broad SMARTS) is 1. The average molecular weight is 352 g/mol. The van der Waals surface area contributed by atoms with Crippen LogP contribution in [0.15, 0.2) is 48.5 Å². The summed E-state index contributed by atoms with van der Waals surface area (Å²) in [5.74, 6) is 0.0399. The van der Waals surface area contributed by atoms with E-state index in [9.17, 15) is 9.90 Å². The summed E-state index contributed by atoms with van der Waals surface area (Å²) in [5.41, 5.74) is 4.56. The monoisotopic (exact) mass is 352 g/mol. The number of hydrogen-bond donors (Lipinski definition) is 2. The van der Waals surface area contributed by atoms with Gasteiger partial charge in [0.15, 0.2) is 0 Å². The Kier molecular flexibility index (Phi) is 4.39. The molecule has 2 aliphatic heterocycles. The molecule has 0 amide bonds. The van der Waals surface area contributed by atoms with Crippen LogP contribution in [0.1, 0.15) is 30.4 Å². The van der Waals surface area contributed by atoms with Gasteiger partial charge in [0.25, 0.3) is 0 Å². The Morgan fingerprint density at radius 3 is 2.04 bits per heavy atom. The predicted octanol–water partition coefficient (Wildman–Crippen LogP) is 3.72. The van der Waals surface area contributed by atoms with Crippen LogP contribution < -0.4 is 4.74 Å². The second kappa shape index (κ2) is 6.84. The van der Waals surface area contributed by atoms with Crippen LogP contribution in [0.2, 0.25) is 0 Å². The van der Waals surface area contributed by atoms with E-state index in [0.717, 1.165) is 24.0 Å². The van der Waals surface area contributed by atoms with Crippen LogP contribution in [0.5, 0.6) is 11.5 Å². The molecular weight excluding hydrogens is 332 g/mol. The van der Waals surface area contributed by atoms with Crippen molar-refractivity contribution in [2.45, 2.75) is 31.5 Å². The number of carbonyl (C=O) groups is 1. The summed E-state index contributed by atoms with van der Waals surface area (Å²) >= 11 is 0. The van der Waals surface area contributed by atoms with Crippen LogP contribution in [-0.2, 0) is 9.53 Å². The van der Waals surface area contributed by atoms with Gasteiger partial charge in [0, 0.05) is 0 Å². The fraction of sp³-hybridized carbons (Fsp3) is 0.286. The van der Waals surface area contributed by atoms with Gasteiger partial charge < -0.3 is 19.7 Å². The predicted molar refractivity (Wildman–Crippen MR) is 97.0 cm³/mol. The van der Waals surface area contributed by atoms with Crippen LogP contribution in [0.25, 0.3) is 11.1 Å². The number of aromatic hydroxyl groups is 1. The summed E-state index contributed by atoms with van der Waals surface area (Å²) in [6, 6.07) is 15.0. The summed E-state index contributed by atoms with van der Waals surface area (Å²) < 4.78 is 11.6. The van der Waals surface area contributed by atoms with E-state index in [2.05, 4.69) is 0 Å². The fourth-order valence-electron chi connectivity index (χ4n) is 3.72. The van der Waals surface area contributed by atoms with Crippen LogP contribution >= 0.6 is 0 Å². The number of rotatable bonds is 6. The van der Waals surface area contributed by atoms with Gasteiger partial charge in [-0.05, 0) is 59.4 Å². The molecular formula is C21H20O5. The molecule has 2 N–H and O–H groups in total. The normalized spacial score (nSPS) is 21.2. The molecule has 1 saturated heterocycles. The molecule has 2 aromatic carbocycles. The number of phenolic OH excluding ortho intramolecular Hbond substituents is 1. The molecule has 0 radical (unpaired) electrons.